The predicted molar refractivity (Wildman–Crippen MR) is 140 cm³/mol. The minimum atomic E-state index is -3.85. The van der Waals surface area contributed by atoms with Crippen LogP contribution in [0.25, 0.3) is 0 Å². The molecule has 8 nitrogen and oxygen atoms in total. The van der Waals surface area contributed by atoms with Crippen molar-refractivity contribution >= 4 is 21.8 Å². The fraction of sp³-hybridized carbons (Fsp3) is 0.370. The van der Waals surface area contributed by atoms with Crippen molar-refractivity contribution in [1.29, 1.82) is 0 Å². The van der Waals surface area contributed by atoms with Crippen LogP contribution in [0.15, 0.2) is 71.9 Å². The van der Waals surface area contributed by atoms with Gasteiger partial charge in [-0.05, 0) is 53.6 Å². The third kappa shape index (κ3) is 7.60. The summed E-state index contributed by atoms with van der Waals surface area (Å²) >= 11 is 0. The molecular formula is C27H34N4O4S. The summed E-state index contributed by atoms with van der Waals surface area (Å²) < 4.78 is 29.0. The minimum absolute atomic E-state index is 0.0581. The second-order valence-corrected chi connectivity index (χ2v) is 11.2. The maximum atomic E-state index is 13.1. The molecule has 0 aliphatic heterocycles. The molecule has 0 radical (unpaired) electrons. The Labute approximate surface area is 213 Å². The summed E-state index contributed by atoms with van der Waals surface area (Å²) in [7, 11) is -3.85. The van der Waals surface area contributed by atoms with Crippen LogP contribution in [0.1, 0.15) is 62.9 Å². The number of carbonyl (C=O) groups is 1. The van der Waals surface area contributed by atoms with Crippen LogP contribution in [0.5, 0.6) is 0 Å². The van der Waals surface area contributed by atoms with Crippen molar-refractivity contribution < 1.29 is 18.3 Å². The van der Waals surface area contributed by atoms with E-state index in [9.17, 15) is 13.2 Å². The molecule has 192 valence electrons. The summed E-state index contributed by atoms with van der Waals surface area (Å²) in [6.45, 7) is 6.37. The fourth-order valence-electron chi connectivity index (χ4n) is 3.98. The van der Waals surface area contributed by atoms with Crippen molar-refractivity contribution in [3.8, 4) is 0 Å². The lowest BCUT2D eigenvalue weighted by atomic mass is 9.80. The summed E-state index contributed by atoms with van der Waals surface area (Å²) in [6, 6.07) is 15.6. The maximum Gasteiger partial charge on any atom is 0.322 e. The van der Waals surface area contributed by atoms with Crippen LogP contribution in [-0.2, 0) is 26.7 Å². The summed E-state index contributed by atoms with van der Waals surface area (Å²) in [5.74, 6) is -0.657. The molecule has 0 aliphatic carbocycles. The molecule has 1 aromatic carbocycles. The van der Waals surface area contributed by atoms with Gasteiger partial charge in [-0.3, -0.25) is 9.78 Å². The van der Waals surface area contributed by atoms with Crippen molar-refractivity contribution in [3.63, 3.8) is 0 Å². The number of unbranched alkanes of at least 4 members (excludes halogenated alkanes) is 1. The van der Waals surface area contributed by atoms with Gasteiger partial charge in [-0.25, -0.2) is 18.1 Å². The highest BCUT2D eigenvalue weighted by molar-refractivity contribution is 7.89. The highest BCUT2D eigenvalue weighted by Gasteiger charge is 2.24. The van der Waals surface area contributed by atoms with Crippen LogP contribution in [0.4, 0.5) is 5.82 Å². The monoisotopic (exact) mass is 510 g/mol. The molecule has 0 saturated heterocycles. The first-order valence-electron chi connectivity index (χ1n) is 12.0. The Morgan fingerprint density at radius 2 is 1.75 bits per heavy atom. The number of hydrogen-bond acceptors (Lipinski definition) is 6. The number of hydrogen-bond donors (Lipinski definition) is 3. The Morgan fingerprint density at radius 3 is 2.39 bits per heavy atom. The molecule has 0 spiro atoms. The number of benzene rings is 1. The van der Waals surface area contributed by atoms with Gasteiger partial charge in [-0.1, -0.05) is 63.9 Å². The van der Waals surface area contributed by atoms with Gasteiger partial charge in [-0.2, -0.15) is 0 Å². The number of rotatable bonds is 13. The van der Waals surface area contributed by atoms with Gasteiger partial charge in [-0.15, -0.1) is 0 Å². The SMILES string of the molecule is CCCCC(C)(C)c1ccc(CC(NS(=O)(=O)c2ccncc2)c2cccc(NCC(=O)O)n2)cc1. The van der Waals surface area contributed by atoms with Crippen LogP contribution in [0.2, 0.25) is 0 Å². The predicted octanol–water partition coefficient (Wildman–Crippen LogP) is 4.70. The van der Waals surface area contributed by atoms with E-state index in [4.69, 9.17) is 5.11 Å². The lowest BCUT2D eigenvalue weighted by Crippen LogP contribution is -2.31. The smallest absolute Gasteiger partial charge is 0.322 e. The number of carboxylic acid groups (broad SMARTS) is 1. The summed E-state index contributed by atoms with van der Waals surface area (Å²) in [5.41, 5.74) is 2.74. The molecule has 1 unspecified atom stereocenters. The summed E-state index contributed by atoms with van der Waals surface area (Å²) in [4.78, 5) is 19.4. The van der Waals surface area contributed by atoms with Gasteiger partial charge in [0.1, 0.15) is 12.4 Å². The Bertz CT molecular complexity index is 1250. The van der Waals surface area contributed by atoms with Crippen molar-refractivity contribution in [2.24, 2.45) is 0 Å². The van der Waals surface area contributed by atoms with Gasteiger partial charge in [0.05, 0.1) is 16.6 Å². The molecule has 3 aromatic rings. The summed E-state index contributed by atoms with van der Waals surface area (Å²) in [5, 5.41) is 11.7. The molecule has 3 rings (SSSR count). The third-order valence-electron chi connectivity index (χ3n) is 6.14. The molecule has 0 bridgehead atoms. The van der Waals surface area contributed by atoms with Gasteiger partial charge in [0.15, 0.2) is 0 Å². The van der Waals surface area contributed by atoms with Crippen LogP contribution in [0, 0.1) is 0 Å². The van der Waals surface area contributed by atoms with Crippen LogP contribution < -0.4 is 10.0 Å². The first kappa shape index (κ1) is 27.3. The van der Waals surface area contributed by atoms with E-state index in [1.807, 2.05) is 12.1 Å². The number of aliphatic carboxylic acids is 1. The average Bonchev–Trinajstić information content (AvgIpc) is 2.87. The van der Waals surface area contributed by atoms with Crippen molar-refractivity contribution in [3.05, 3.63) is 83.8 Å². The minimum Gasteiger partial charge on any atom is -0.480 e. The largest absolute Gasteiger partial charge is 0.480 e. The first-order chi connectivity index (χ1) is 17.1. The fourth-order valence-corrected chi connectivity index (χ4v) is 5.18. The Kier molecular flexibility index (Phi) is 9.17. The van der Waals surface area contributed by atoms with E-state index in [1.165, 1.54) is 30.1 Å². The van der Waals surface area contributed by atoms with E-state index in [2.05, 4.69) is 52.9 Å². The van der Waals surface area contributed by atoms with E-state index in [0.29, 0.717) is 17.9 Å². The van der Waals surface area contributed by atoms with Crippen LogP contribution in [-0.4, -0.2) is 36.0 Å². The number of nitrogens with one attached hydrogen (secondary N) is 2. The molecule has 2 heterocycles. The number of pyridine rings is 2. The van der Waals surface area contributed by atoms with Gasteiger partial charge in [0.2, 0.25) is 10.0 Å². The normalized spacial score (nSPS) is 12.8. The summed E-state index contributed by atoms with van der Waals surface area (Å²) in [6.07, 6.45) is 6.63. The van der Waals surface area contributed by atoms with Crippen molar-refractivity contribution in [1.82, 2.24) is 14.7 Å². The second-order valence-electron chi connectivity index (χ2n) is 9.44. The van der Waals surface area contributed by atoms with Gasteiger partial charge < -0.3 is 10.4 Å². The third-order valence-corrected chi connectivity index (χ3v) is 7.62. The zero-order chi connectivity index (χ0) is 26.2. The zero-order valence-electron chi connectivity index (χ0n) is 20.9. The van der Waals surface area contributed by atoms with E-state index < -0.39 is 22.0 Å². The van der Waals surface area contributed by atoms with Gasteiger partial charge in [0, 0.05) is 12.4 Å². The van der Waals surface area contributed by atoms with E-state index in [-0.39, 0.29) is 16.9 Å². The van der Waals surface area contributed by atoms with Crippen molar-refractivity contribution in [2.75, 3.05) is 11.9 Å². The molecule has 9 heteroatoms. The molecule has 3 N–H and O–H groups in total. The average molecular weight is 511 g/mol. The van der Waals surface area contributed by atoms with E-state index >= 15 is 0 Å². The Hall–Kier alpha value is -3.30. The highest BCUT2D eigenvalue weighted by Crippen LogP contribution is 2.30. The molecule has 0 saturated carbocycles. The molecule has 0 fully saturated rings. The number of nitrogens with zero attached hydrogens (tertiary/aromatic N) is 2. The number of carboxylic acids is 1. The number of anilines is 1. The van der Waals surface area contributed by atoms with Crippen LogP contribution >= 0.6 is 0 Å². The second kappa shape index (κ2) is 12.1. The lowest BCUT2D eigenvalue weighted by Gasteiger charge is -2.26. The Balaban J connectivity index is 1.89. The molecule has 0 aliphatic rings. The van der Waals surface area contributed by atoms with Gasteiger partial charge in [0.25, 0.3) is 0 Å². The molecule has 2 aromatic heterocycles. The van der Waals surface area contributed by atoms with Gasteiger partial charge >= 0.3 is 5.97 Å². The van der Waals surface area contributed by atoms with E-state index in [1.54, 1.807) is 18.2 Å². The molecule has 36 heavy (non-hydrogen) atoms. The lowest BCUT2D eigenvalue weighted by molar-refractivity contribution is -0.134. The first-order valence-corrected chi connectivity index (χ1v) is 13.5. The number of aromatic nitrogens is 2. The zero-order valence-corrected chi connectivity index (χ0v) is 21.8. The standard InChI is InChI=1S/C27H34N4O4S/c1-4-5-15-27(2,3)21-11-9-20(10-12-21)18-24(31-36(34,35)22-13-16-28-17-14-22)23-7-6-8-25(30-23)29-19-26(32)33/h6-14,16-17,24,31H,4-5,15,18-19H2,1-3H3,(H,29,30)(H,32,33). The van der Waals surface area contributed by atoms with E-state index in [0.717, 1.165) is 24.8 Å². The maximum absolute atomic E-state index is 13.1. The highest BCUT2D eigenvalue weighted by atomic mass is 32.2. The van der Waals surface area contributed by atoms with Crippen molar-refractivity contribution in [2.45, 2.75) is 62.8 Å². The quantitative estimate of drug-likeness (QED) is 0.305. The number of sulfonamides is 1. The van der Waals surface area contributed by atoms with Crippen LogP contribution in [0.3, 0.4) is 0 Å². The molecule has 1 atom stereocenters. The topological polar surface area (TPSA) is 121 Å². The Morgan fingerprint density at radius 1 is 1.06 bits per heavy atom. The molecular weight excluding hydrogens is 476 g/mol. The molecule has 0 amide bonds.